The first-order valence-electron chi connectivity index (χ1n) is 11.6. The summed E-state index contributed by atoms with van der Waals surface area (Å²) in [5, 5.41) is 3.97. The molecule has 0 spiro atoms. The van der Waals surface area contributed by atoms with E-state index in [1.807, 2.05) is 12.1 Å². The largest absolute Gasteiger partial charge is 0.497 e. The minimum Gasteiger partial charge on any atom is -0.497 e. The highest BCUT2D eigenvalue weighted by Crippen LogP contribution is 2.24. The number of halogens is 1. The van der Waals surface area contributed by atoms with Crippen molar-refractivity contribution in [2.75, 3.05) is 32.1 Å². The molecule has 3 heterocycles. The van der Waals surface area contributed by atoms with Crippen LogP contribution in [0.1, 0.15) is 36.8 Å². The van der Waals surface area contributed by atoms with E-state index in [0.29, 0.717) is 17.4 Å². The van der Waals surface area contributed by atoms with Gasteiger partial charge in [-0.1, -0.05) is 23.7 Å². The SMILES string of the molecule is COc1ccc(CN2CC[C@@H](Nc3ncc(C=CC(=O)NOC4CCCCO4)cc3Cl)C2)cc1. The van der Waals surface area contributed by atoms with Gasteiger partial charge < -0.3 is 14.8 Å². The number of ether oxygens (including phenoxy) is 2. The summed E-state index contributed by atoms with van der Waals surface area (Å²) >= 11 is 6.45. The molecule has 2 saturated heterocycles. The van der Waals surface area contributed by atoms with Crippen molar-refractivity contribution in [3.05, 3.63) is 58.8 Å². The zero-order chi connectivity index (χ0) is 23.8. The smallest absolute Gasteiger partial charge is 0.267 e. The van der Waals surface area contributed by atoms with Gasteiger partial charge in [0.05, 0.1) is 12.1 Å². The number of rotatable bonds is 9. The van der Waals surface area contributed by atoms with Gasteiger partial charge in [0.25, 0.3) is 5.91 Å². The Balaban J connectivity index is 1.23. The minimum absolute atomic E-state index is 0.273. The summed E-state index contributed by atoms with van der Waals surface area (Å²) in [6.07, 6.45) is 8.19. The monoisotopic (exact) mass is 486 g/mol. The summed E-state index contributed by atoms with van der Waals surface area (Å²) in [7, 11) is 1.67. The highest BCUT2D eigenvalue weighted by atomic mass is 35.5. The van der Waals surface area contributed by atoms with Crippen LogP contribution in [0.4, 0.5) is 5.82 Å². The molecule has 0 saturated carbocycles. The first kappa shape index (κ1) is 24.5. The number of hydrogen-bond donors (Lipinski definition) is 2. The molecule has 2 aliphatic heterocycles. The zero-order valence-electron chi connectivity index (χ0n) is 19.3. The van der Waals surface area contributed by atoms with Crippen molar-refractivity contribution in [2.24, 2.45) is 0 Å². The lowest BCUT2D eigenvalue weighted by Crippen LogP contribution is -2.32. The Labute approximate surface area is 205 Å². The number of amides is 1. The Bertz CT molecular complexity index is 979. The van der Waals surface area contributed by atoms with Gasteiger partial charge in [-0.2, -0.15) is 0 Å². The molecular formula is C25H31ClN4O4. The molecule has 2 aromatic rings. The Kier molecular flexibility index (Phi) is 8.76. The minimum atomic E-state index is -0.379. The number of aromatic nitrogens is 1. The summed E-state index contributed by atoms with van der Waals surface area (Å²) in [6.45, 7) is 3.47. The molecule has 0 bridgehead atoms. The summed E-state index contributed by atoms with van der Waals surface area (Å²) in [6, 6.07) is 10.2. The summed E-state index contributed by atoms with van der Waals surface area (Å²) < 4.78 is 10.6. The van der Waals surface area contributed by atoms with Crippen LogP contribution in [-0.4, -0.2) is 54.9 Å². The van der Waals surface area contributed by atoms with Crippen molar-refractivity contribution in [1.82, 2.24) is 15.4 Å². The molecule has 8 nitrogen and oxygen atoms in total. The van der Waals surface area contributed by atoms with Gasteiger partial charge in [0.1, 0.15) is 11.6 Å². The van der Waals surface area contributed by atoms with Gasteiger partial charge in [0.15, 0.2) is 6.29 Å². The van der Waals surface area contributed by atoms with E-state index in [9.17, 15) is 4.79 Å². The van der Waals surface area contributed by atoms with Crippen molar-refractivity contribution in [1.29, 1.82) is 0 Å². The van der Waals surface area contributed by atoms with Crippen molar-refractivity contribution in [3.63, 3.8) is 0 Å². The molecule has 0 radical (unpaired) electrons. The number of hydroxylamine groups is 1. The van der Waals surface area contributed by atoms with E-state index >= 15 is 0 Å². The molecule has 1 amide bonds. The molecule has 2 aliphatic rings. The van der Waals surface area contributed by atoms with E-state index in [2.05, 4.69) is 32.8 Å². The normalized spacial score (nSPS) is 21.0. The van der Waals surface area contributed by atoms with E-state index in [0.717, 1.165) is 56.6 Å². The van der Waals surface area contributed by atoms with Crippen LogP contribution in [0.3, 0.4) is 0 Å². The van der Waals surface area contributed by atoms with Crippen molar-refractivity contribution >= 4 is 29.4 Å². The predicted octanol–water partition coefficient (Wildman–Crippen LogP) is 4.02. The number of pyridine rings is 1. The second-order valence-corrected chi connectivity index (χ2v) is 8.93. The number of benzene rings is 1. The highest BCUT2D eigenvalue weighted by Gasteiger charge is 2.23. The molecule has 2 fully saturated rings. The maximum Gasteiger partial charge on any atom is 0.267 e. The van der Waals surface area contributed by atoms with Gasteiger partial charge in [-0.15, -0.1) is 0 Å². The Morgan fingerprint density at radius 1 is 1.29 bits per heavy atom. The molecule has 1 unspecified atom stereocenters. The van der Waals surface area contributed by atoms with Crippen LogP contribution in [0.25, 0.3) is 6.08 Å². The van der Waals surface area contributed by atoms with Crippen LogP contribution >= 0.6 is 11.6 Å². The topological polar surface area (TPSA) is 85.0 Å². The lowest BCUT2D eigenvalue weighted by atomic mass is 10.2. The lowest BCUT2D eigenvalue weighted by Gasteiger charge is -2.21. The fourth-order valence-electron chi connectivity index (χ4n) is 4.06. The van der Waals surface area contributed by atoms with E-state index in [-0.39, 0.29) is 18.2 Å². The third-order valence-corrected chi connectivity index (χ3v) is 6.18. The number of carbonyl (C=O) groups excluding carboxylic acids is 1. The third kappa shape index (κ3) is 7.17. The fraction of sp³-hybridized carbons (Fsp3) is 0.440. The first-order valence-corrected chi connectivity index (χ1v) is 12.0. The number of hydrogen-bond acceptors (Lipinski definition) is 7. The van der Waals surface area contributed by atoms with Gasteiger partial charge in [-0.3, -0.25) is 9.69 Å². The Morgan fingerprint density at radius 3 is 2.88 bits per heavy atom. The van der Waals surface area contributed by atoms with Crippen LogP contribution < -0.4 is 15.5 Å². The zero-order valence-corrected chi connectivity index (χ0v) is 20.1. The molecule has 2 atom stereocenters. The molecule has 1 aromatic carbocycles. The number of anilines is 1. The molecule has 9 heteroatoms. The number of nitrogens with one attached hydrogen (secondary N) is 2. The fourth-order valence-corrected chi connectivity index (χ4v) is 4.29. The quantitative estimate of drug-likeness (QED) is 0.409. The van der Waals surface area contributed by atoms with E-state index in [1.165, 1.54) is 11.6 Å². The second-order valence-electron chi connectivity index (χ2n) is 8.53. The maximum atomic E-state index is 12.0. The van der Waals surface area contributed by atoms with Crippen LogP contribution in [0.5, 0.6) is 5.75 Å². The number of likely N-dealkylation sites (tertiary alicyclic amines) is 1. The summed E-state index contributed by atoms with van der Waals surface area (Å²) in [4.78, 5) is 24.1. The van der Waals surface area contributed by atoms with Crippen LogP contribution in [-0.2, 0) is 20.9 Å². The molecule has 4 rings (SSSR count). The predicted molar refractivity (Wildman–Crippen MR) is 131 cm³/mol. The van der Waals surface area contributed by atoms with E-state index < -0.39 is 0 Å². The lowest BCUT2D eigenvalue weighted by molar-refractivity contribution is -0.198. The summed E-state index contributed by atoms with van der Waals surface area (Å²) in [5.74, 6) is 1.15. The van der Waals surface area contributed by atoms with Crippen molar-refractivity contribution in [3.8, 4) is 5.75 Å². The first-order chi connectivity index (χ1) is 16.6. The number of methoxy groups -OCH3 is 1. The maximum absolute atomic E-state index is 12.0. The average molecular weight is 487 g/mol. The van der Waals surface area contributed by atoms with Crippen LogP contribution in [0.15, 0.2) is 42.6 Å². The molecule has 34 heavy (non-hydrogen) atoms. The second kappa shape index (κ2) is 12.2. The summed E-state index contributed by atoms with van der Waals surface area (Å²) in [5.41, 5.74) is 4.38. The van der Waals surface area contributed by atoms with Crippen LogP contribution in [0.2, 0.25) is 5.02 Å². The Hall–Kier alpha value is -2.65. The molecule has 1 aromatic heterocycles. The standard InChI is InChI=1S/C25H31ClN4O4/c1-32-21-8-5-18(6-9-21)16-30-12-11-20(17-30)28-25-22(26)14-19(15-27-25)7-10-23(31)29-34-24-4-2-3-13-33-24/h5-10,14-15,20,24H,2-4,11-13,16-17H2,1H3,(H,27,28)(H,29,31)/t20-,24?/m1/s1. The van der Waals surface area contributed by atoms with Crippen molar-refractivity contribution in [2.45, 2.75) is 44.6 Å². The number of carbonyl (C=O) groups is 1. The number of nitrogens with zero attached hydrogens (tertiary/aromatic N) is 2. The molecular weight excluding hydrogens is 456 g/mol. The molecule has 2 N–H and O–H groups in total. The van der Waals surface area contributed by atoms with Gasteiger partial charge in [0, 0.05) is 51.0 Å². The third-order valence-electron chi connectivity index (χ3n) is 5.90. The average Bonchev–Trinajstić information content (AvgIpc) is 3.30. The molecule has 0 aliphatic carbocycles. The van der Waals surface area contributed by atoms with Crippen molar-refractivity contribution < 1.29 is 19.1 Å². The van der Waals surface area contributed by atoms with Gasteiger partial charge in [-0.25, -0.2) is 15.3 Å². The van der Waals surface area contributed by atoms with E-state index in [1.54, 1.807) is 25.4 Å². The highest BCUT2D eigenvalue weighted by molar-refractivity contribution is 6.33. The Morgan fingerprint density at radius 2 is 2.15 bits per heavy atom. The van der Waals surface area contributed by atoms with Gasteiger partial charge in [0.2, 0.25) is 0 Å². The van der Waals surface area contributed by atoms with Gasteiger partial charge >= 0.3 is 0 Å². The van der Waals surface area contributed by atoms with E-state index in [4.69, 9.17) is 25.9 Å². The van der Waals surface area contributed by atoms with Gasteiger partial charge in [-0.05, 0) is 54.7 Å². The molecule has 182 valence electrons. The van der Waals surface area contributed by atoms with Crippen LogP contribution in [0, 0.1) is 0 Å².